The zero-order valence-corrected chi connectivity index (χ0v) is 47.2. The van der Waals surface area contributed by atoms with Crippen LogP contribution in [-0.4, -0.2) is 36.4 Å². The quantitative estimate of drug-likeness (QED) is 0.0373. The monoisotopic (exact) mass is 999 g/mol. The Hall–Kier alpha value is -3.44. The summed E-state index contributed by atoms with van der Waals surface area (Å²) >= 11 is 0. The van der Waals surface area contributed by atoms with E-state index in [4.69, 9.17) is 9.47 Å². The molecule has 0 aromatic rings. The van der Waals surface area contributed by atoms with Gasteiger partial charge in [-0.1, -0.05) is 277 Å². The minimum Gasteiger partial charge on any atom is -0.462 e. The lowest BCUT2D eigenvalue weighted by atomic mass is 10.0. The lowest BCUT2D eigenvalue weighted by Gasteiger charge is -2.15. The van der Waals surface area contributed by atoms with Crippen LogP contribution in [-0.2, 0) is 19.1 Å². The normalized spacial score (nSPS) is 13.0. The van der Waals surface area contributed by atoms with Crippen LogP contribution < -0.4 is 0 Å². The van der Waals surface area contributed by atoms with Gasteiger partial charge >= 0.3 is 11.9 Å². The van der Waals surface area contributed by atoms with Crippen molar-refractivity contribution in [1.29, 1.82) is 0 Å². The van der Waals surface area contributed by atoms with Gasteiger partial charge < -0.3 is 14.6 Å². The molecule has 0 aliphatic carbocycles. The van der Waals surface area contributed by atoms with Crippen LogP contribution in [0.1, 0.15) is 284 Å². The predicted octanol–water partition coefficient (Wildman–Crippen LogP) is 20.9. The number of ether oxygens (including phenoxy) is 2. The minimum absolute atomic E-state index is 0.0696. The van der Waals surface area contributed by atoms with E-state index < -0.39 is 6.10 Å². The Kier molecular flexibility index (Phi) is 58.9. The van der Waals surface area contributed by atoms with Crippen LogP contribution in [0.2, 0.25) is 0 Å². The van der Waals surface area contributed by atoms with Gasteiger partial charge in [-0.3, -0.25) is 9.59 Å². The van der Waals surface area contributed by atoms with Crippen molar-refractivity contribution < 1.29 is 24.2 Å². The largest absolute Gasteiger partial charge is 0.462 e. The van der Waals surface area contributed by atoms with E-state index >= 15 is 0 Å². The molecule has 0 amide bonds. The molecule has 1 N–H and O–H groups in total. The number of aliphatic hydroxyl groups is 1. The van der Waals surface area contributed by atoms with Gasteiger partial charge in [0.25, 0.3) is 0 Å². The molecule has 5 heteroatoms. The molecule has 0 bridgehead atoms. The highest BCUT2D eigenvalue weighted by Gasteiger charge is 2.16. The molecule has 1 atom stereocenters. The third-order valence-electron chi connectivity index (χ3n) is 13.1. The molecule has 0 aliphatic heterocycles. The van der Waals surface area contributed by atoms with Gasteiger partial charge in [-0.15, -0.1) is 0 Å². The van der Waals surface area contributed by atoms with Crippen molar-refractivity contribution in [3.05, 3.63) is 109 Å². The van der Waals surface area contributed by atoms with Gasteiger partial charge in [-0.05, 0) is 103 Å². The number of hydrogen-bond acceptors (Lipinski definition) is 5. The predicted molar refractivity (Wildman–Crippen MR) is 315 cm³/mol. The number of hydrogen-bond donors (Lipinski definition) is 1. The molecular weight excluding hydrogens is 885 g/mol. The van der Waals surface area contributed by atoms with Crippen LogP contribution in [0.25, 0.3) is 0 Å². The molecule has 412 valence electrons. The Morgan fingerprint density at radius 1 is 0.333 bits per heavy atom. The summed E-state index contributed by atoms with van der Waals surface area (Å²) in [5, 5.41) is 9.66. The molecule has 1 unspecified atom stereocenters. The topological polar surface area (TPSA) is 72.8 Å². The molecule has 0 saturated carbocycles. The maximum absolute atomic E-state index is 12.3. The molecule has 0 radical (unpaired) electrons. The molecular formula is C67H114O5. The molecule has 0 heterocycles. The number of allylic oxidation sites excluding steroid dienone is 18. The van der Waals surface area contributed by atoms with E-state index in [1.54, 1.807) is 0 Å². The average molecular weight is 1000 g/mol. The summed E-state index contributed by atoms with van der Waals surface area (Å²) in [6.45, 7) is 4.01. The van der Waals surface area contributed by atoms with Crippen LogP contribution in [0.3, 0.4) is 0 Å². The van der Waals surface area contributed by atoms with Crippen molar-refractivity contribution in [2.75, 3.05) is 13.2 Å². The number of esters is 2. The van der Waals surface area contributed by atoms with Gasteiger partial charge in [0.15, 0.2) is 6.10 Å². The summed E-state index contributed by atoms with van der Waals surface area (Å²) in [6.07, 6.45) is 89.3. The van der Waals surface area contributed by atoms with E-state index in [0.29, 0.717) is 12.8 Å². The van der Waals surface area contributed by atoms with E-state index in [0.717, 1.165) is 89.9 Å². The van der Waals surface area contributed by atoms with Gasteiger partial charge in [-0.2, -0.15) is 0 Å². The fourth-order valence-corrected chi connectivity index (χ4v) is 8.51. The minimum atomic E-state index is -0.778. The van der Waals surface area contributed by atoms with Gasteiger partial charge in [0.2, 0.25) is 0 Å². The SMILES string of the molecule is CC/C=C\C/C=C\C/C=C\C/C=C\C/C=C\C/C=C\C/C=C\CCCCCCCCCCCCCCCCCCCC(=O)OC(CO)COC(=O)CCCCCCCCCCC/C=C\C/C=C\CCCCC. The molecule has 0 aliphatic rings. The number of carbonyl (C=O) groups is 2. The van der Waals surface area contributed by atoms with E-state index in [1.165, 1.54) is 167 Å². The fraction of sp³-hybridized carbons (Fsp3) is 0.701. The first-order valence-corrected chi connectivity index (χ1v) is 30.4. The summed E-state index contributed by atoms with van der Waals surface area (Å²) in [6, 6.07) is 0. The Morgan fingerprint density at radius 3 is 0.903 bits per heavy atom. The highest BCUT2D eigenvalue weighted by molar-refractivity contribution is 5.70. The van der Waals surface area contributed by atoms with Crippen LogP contribution in [0.5, 0.6) is 0 Å². The molecule has 0 saturated heterocycles. The van der Waals surface area contributed by atoms with Crippen molar-refractivity contribution in [3.8, 4) is 0 Å². The number of aliphatic hydroxyl groups excluding tert-OH is 1. The van der Waals surface area contributed by atoms with Gasteiger partial charge in [-0.25, -0.2) is 0 Å². The second kappa shape index (κ2) is 61.9. The maximum atomic E-state index is 12.3. The lowest BCUT2D eigenvalue weighted by molar-refractivity contribution is -0.161. The van der Waals surface area contributed by atoms with Crippen molar-refractivity contribution in [1.82, 2.24) is 0 Å². The first-order valence-electron chi connectivity index (χ1n) is 30.4. The lowest BCUT2D eigenvalue weighted by Crippen LogP contribution is -2.28. The van der Waals surface area contributed by atoms with Crippen molar-refractivity contribution in [2.24, 2.45) is 0 Å². The molecule has 0 aromatic carbocycles. The molecule has 0 aromatic heterocycles. The van der Waals surface area contributed by atoms with Crippen molar-refractivity contribution in [2.45, 2.75) is 290 Å². The second-order valence-corrected chi connectivity index (χ2v) is 20.0. The zero-order chi connectivity index (χ0) is 52.0. The summed E-state index contributed by atoms with van der Waals surface area (Å²) in [5.41, 5.74) is 0. The third kappa shape index (κ3) is 59.1. The number of rotatable bonds is 55. The van der Waals surface area contributed by atoms with Crippen LogP contribution >= 0.6 is 0 Å². The Balaban J connectivity index is 3.48. The summed E-state index contributed by atoms with van der Waals surface area (Å²) in [4.78, 5) is 24.5. The highest BCUT2D eigenvalue weighted by Crippen LogP contribution is 2.16. The highest BCUT2D eigenvalue weighted by atomic mass is 16.6. The smallest absolute Gasteiger partial charge is 0.306 e. The molecule has 5 nitrogen and oxygen atoms in total. The van der Waals surface area contributed by atoms with Crippen molar-refractivity contribution in [3.63, 3.8) is 0 Å². The average Bonchev–Trinajstić information content (AvgIpc) is 3.38. The summed E-state index contributed by atoms with van der Waals surface area (Å²) in [5.74, 6) is -0.590. The maximum Gasteiger partial charge on any atom is 0.306 e. The molecule has 0 rings (SSSR count). The third-order valence-corrected chi connectivity index (χ3v) is 13.1. The Morgan fingerprint density at radius 2 is 0.597 bits per heavy atom. The van der Waals surface area contributed by atoms with Gasteiger partial charge in [0.05, 0.1) is 6.61 Å². The van der Waals surface area contributed by atoms with Gasteiger partial charge in [0, 0.05) is 12.8 Å². The number of unbranched alkanes of at least 4 members (excludes halogenated alkanes) is 29. The first kappa shape index (κ1) is 68.6. The molecule has 0 spiro atoms. The van der Waals surface area contributed by atoms with E-state index in [-0.39, 0.29) is 25.2 Å². The van der Waals surface area contributed by atoms with Crippen LogP contribution in [0.4, 0.5) is 0 Å². The van der Waals surface area contributed by atoms with Crippen LogP contribution in [0.15, 0.2) is 109 Å². The first-order chi connectivity index (χ1) is 35.6. The molecule has 72 heavy (non-hydrogen) atoms. The van der Waals surface area contributed by atoms with Gasteiger partial charge in [0.1, 0.15) is 6.61 Å². The van der Waals surface area contributed by atoms with E-state index in [2.05, 4.69) is 123 Å². The van der Waals surface area contributed by atoms with Crippen molar-refractivity contribution >= 4 is 11.9 Å². The standard InChI is InChI=1S/C67H114O5/c1-3-5-7-9-11-13-15-17-19-21-23-24-25-26-27-28-29-30-31-32-33-34-35-36-37-38-39-40-41-42-44-46-48-50-52-54-56-58-60-62-67(70)72-65(63-68)64-71-66(69)61-59-57-55-53-51-49-47-45-43-22-20-18-16-14-12-10-8-6-4-2/h5,7,11-14,17-20,23-24,26-27,29-30,32-33,65,68H,3-4,6,8-10,15-16,21-22,25,28,31,34-64H2,1-2H3/b7-5-,13-11-,14-12-,19-17-,20-18-,24-23-,27-26-,30-29-,33-32-. The summed E-state index contributed by atoms with van der Waals surface area (Å²) < 4.78 is 10.7. The van der Waals surface area contributed by atoms with Crippen LogP contribution in [0, 0.1) is 0 Å². The second-order valence-electron chi connectivity index (χ2n) is 20.0. The Labute approximate surface area is 446 Å². The van der Waals surface area contributed by atoms with E-state index in [9.17, 15) is 14.7 Å². The Bertz CT molecular complexity index is 1410. The van der Waals surface area contributed by atoms with E-state index in [1.807, 2.05) is 0 Å². The molecule has 0 fully saturated rings. The zero-order valence-electron chi connectivity index (χ0n) is 47.2. The summed E-state index contributed by atoms with van der Waals surface area (Å²) in [7, 11) is 0. The number of carbonyl (C=O) groups excluding carboxylic acids is 2. The fourth-order valence-electron chi connectivity index (χ4n) is 8.51.